The summed E-state index contributed by atoms with van der Waals surface area (Å²) in [7, 11) is 0. The zero-order chi connectivity index (χ0) is 11.9. The summed E-state index contributed by atoms with van der Waals surface area (Å²) >= 11 is 9.41. The maximum Gasteiger partial charge on any atom is 0.125 e. The summed E-state index contributed by atoms with van der Waals surface area (Å²) in [5, 5.41) is 0. The fourth-order valence-electron chi connectivity index (χ4n) is 1.94. The molecule has 1 aromatic heterocycles. The van der Waals surface area contributed by atoms with Crippen molar-refractivity contribution in [1.82, 2.24) is 9.55 Å². The molecule has 1 heterocycles. The highest BCUT2D eigenvalue weighted by Gasteiger charge is 2.20. The van der Waals surface area contributed by atoms with Crippen molar-refractivity contribution in [3.05, 3.63) is 28.5 Å². The van der Waals surface area contributed by atoms with Gasteiger partial charge in [-0.25, -0.2) is 4.98 Å². The van der Waals surface area contributed by atoms with Crippen molar-refractivity contribution in [1.29, 1.82) is 0 Å². The molecule has 4 heteroatoms. The van der Waals surface area contributed by atoms with E-state index in [1.165, 1.54) is 0 Å². The van der Waals surface area contributed by atoms with Gasteiger partial charge < -0.3 is 4.57 Å². The van der Waals surface area contributed by atoms with Crippen molar-refractivity contribution >= 4 is 38.6 Å². The average molecular weight is 302 g/mol. The van der Waals surface area contributed by atoms with E-state index in [1.54, 1.807) is 0 Å². The molecule has 0 aliphatic heterocycles. The molecule has 1 aromatic carbocycles. The molecule has 0 bridgehead atoms. The Hall–Kier alpha value is -0.540. The highest BCUT2D eigenvalue weighted by molar-refractivity contribution is 9.10. The maximum absolute atomic E-state index is 5.95. The lowest BCUT2D eigenvalue weighted by atomic mass is 10.1. The lowest BCUT2D eigenvalue weighted by Gasteiger charge is -2.24. The van der Waals surface area contributed by atoms with Gasteiger partial charge in [0.25, 0.3) is 0 Å². The molecule has 0 atom stereocenters. The molecule has 0 fully saturated rings. The summed E-state index contributed by atoms with van der Waals surface area (Å²) in [5.74, 6) is 1.35. The van der Waals surface area contributed by atoms with Crippen LogP contribution in [0, 0.1) is 0 Å². The number of aromatic nitrogens is 2. The number of hydrogen-bond acceptors (Lipinski definition) is 1. The van der Waals surface area contributed by atoms with E-state index >= 15 is 0 Å². The minimum Gasteiger partial charge on any atom is -0.322 e. The van der Waals surface area contributed by atoms with Crippen molar-refractivity contribution in [3.8, 4) is 0 Å². The van der Waals surface area contributed by atoms with E-state index in [9.17, 15) is 0 Å². The van der Waals surface area contributed by atoms with Gasteiger partial charge in [0.1, 0.15) is 5.82 Å². The van der Waals surface area contributed by atoms with Crippen LogP contribution in [0.15, 0.2) is 22.7 Å². The molecule has 2 aromatic rings. The smallest absolute Gasteiger partial charge is 0.125 e. The zero-order valence-corrected chi connectivity index (χ0v) is 11.9. The first-order valence-corrected chi connectivity index (χ1v) is 6.49. The molecule has 0 saturated heterocycles. The molecule has 0 aliphatic rings. The highest BCUT2D eigenvalue weighted by Crippen LogP contribution is 2.27. The maximum atomic E-state index is 5.95. The lowest BCUT2D eigenvalue weighted by Crippen LogP contribution is -2.23. The highest BCUT2D eigenvalue weighted by atomic mass is 79.9. The van der Waals surface area contributed by atoms with Crippen LogP contribution in [-0.4, -0.2) is 9.55 Å². The average Bonchev–Trinajstić information content (AvgIpc) is 2.54. The third kappa shape index (κ3) is 1.98. The van der Waals surface area contributed by atoms with Gasteiger partial charge in [-0.2, -0.15) is 0 Å². The van der Waals surface area contributed by atoms with Crippen LogP contribution in [0.1, 0.15) is 26.6 Å². The second-order valence-electron chi connectivity index (χ2n) is 4.80. The van der Waals surface area contributed by atoms with Crippen LogP contribution in [0.2, 0.25) is 0 Å². The molecular formula is C12H14BrClN2. The van der Waals surface area contributed by atoms with Gasteiger partial charge in [-0.1, -0.05) is 15.9 Å². The standard InChI is InChI=1S/C12H14BrClN2/c1-12(2,3)16-10-5-4-8(13)6-9(10)15-11(16)7-14/h4-6H,7H2,1-3H3. The van der Waals surface area contributed by atoms with Crippen LogP contribution < -0.4 is 0 Å². The number of fused-ring (bicyclic) bond motifs is 1. The van der Waals surface area contributed by atoms with Gasteiger partial charge >= 0.3 is 0 Å². The second-order valence-corrected chi connectivity index (χ2v) is 5.98. The molecular weight excluding hydrogens is 288 g/mol. The number of hydrogen-bond donors (Lipinski definition) is 0. The molecule has 2 rings (SSSR count). The first-order chi connectivity index (χ1) is 7.43. The Morgan fingerprint density at radius 2 is 2.06 bits per heavy atom. The number of imidazole rings is 1. The summed E-state index contributed by atoms with van der Waals surface area (Å²) < 4.78 is 3.24. The minimum atomic E-state index is -0.00714. The fraction of sp³-hybridized carbons (Fsp3) is 0.417. The molecule has 0 radical (unpaired) electrons. The Kier molecular flexibility index (Phi) is 3.01. The molecule has 16 heavy (non-hydrogen) atoms. The monoisotopic (exact) mass is 300 g/mol. The van der Waals surface area contributed by atoms with Crippen LogP contribution >= 0.6 is 27.5 Å². The van der Waals surface area contributed by atoms with Crippen molar-refractivity contribution in [2.75, 3.05) is 0 Å². The third-order valence-corrected chi connectivity index (χ3v) is 3.21. The summed E-state index contributed by atoms with van der Waals surface area (Å²) in [6.07, 6.45) is 0. The predicted octanol–water partition coefficient (Wildman–Crippen LogP) is 4.29. The van der Waals surface area contributed by atoms with Crippen LogP contribution in [0.4, 0.5) is 0 Å². The van der Waals surface area contributed by atoms with E-state index < -0.39 is 0 Å². The van der Waals surface area contributed by atoms with Gasteiger partial charge in [0.2, 0.25) is 0 Å². The zero-order valence-electron chi connectivity index (χ0n) is 9.59. The fourth-order valence-corrected chi connectivity index (χ4v) is 2.47. The predicted molar refractivity (Wildman–Crippen MR) is 72.0 cm³/mol. The molecule has 0 amide bonds. The SMILES string of the molecule is CC(C)(C)n1c(CCl)nc2cc(Br)ccc21. The number of benzene rings is 1. The third-order valence-electron chi connectivity index (χ3n) is 2.48. The molecule has 0 unspecified atom stereocenters. The molecule has 0 aliphatic carbocycles. The van der Waals surface area contributed by atoms with E-state index in [0.29, 0.717) is 5.88 Å². The van der Waals surface area contributed by atoms with Crippen molar-refractivity contribution in [2.24, 2.45) is 0 Å². The molecule has 86 valence electrons. The van der Waals surface area contributed by atoms with E-state index in [0.717, 1.165) is 21.3 Å². The first kappa shape index (κ1) is 11.9. The summed E-state index contributed by atoms with van der Waals surface area (Å²) in [5.41, 5.74) is 2.11. The van der Waals surface area contributed by atoms with E-state index in [-0.39, 0.29) is 5.54 Å². The molecule has 0 saturated carbocycles. The number of alkyl halides is 1. The normalized spacial score (nSPS) is 12.3. The largest absolute Gasteiger partial charge is 0.322 e. The molecule has 2 nitrogen and oxygen atoms in total. The van der Waals surface area contributed by atoms with Crippen molar-refractivity contribution < 1.29 is 0 Å². The topological polar surface area (TPSA) is 17.8 Å². The summed E-state index contributed by atoms with van der Waals surface area (Å²) in [6.45, 7) is 6.48. The van der Waals surface area contributed by atoms with Crippen LogP contribution in [0.25, 0.3) is 11.0 Å². The summed E-state index contributed by atoms with van der Waals surface area (Å²) in [4.78, 5) is 4.56. The molecule has 0 N–H and O–H groups in total. The first-order valence-electron chi connectivity index (χ1n) is 5.17. The van der Waals surface area contributed by atoms with Gasteiger partial charge in [-0.05, 0) is 39.0 Å². The quantitative estimate of drug-likeness (QED) is 0.718. The Bertz CT molecular complexity index is 526. The van der Waals surface area contributed by atoms with Gasteiger partial charge in [-0.3, -0.25) is 0 Å². The van der Waals surface area contributed by atoms with Crippen molar-refractivity contribution in [3.63, 3.8) is 0 Å². The minimum absolute atomic E-state index is 0.00714. The van der Waals surface area contributed by atoms with Gasteiger partial charge in [0, 0.05) is 10.0 Å². The van der Waals surface area contributed by atoms with Gasteiger partial charge in [0.05, 0.1) is 16.9 Å². The molecule has 0 spiro atoms. The Balaban J connectivity index is 2.79. The van der Waals surface area contributed by atoms with Crippen molar-refractivity contribution in [2.45, 2.75) is 32.2 Å². The number of halogens is 2. The van der Waals surface area contributed by atoms with Gasteiger partial charge in [0.15, 0.2) is 0 Å². The summed E-state index contributed by atoms with van der Waals surface area (Å²) in [6, 6.07) is 6.13. The Morgan fingerprint density at radius 3 is 2.62 bits per heavy atom. The van der Waals surface area contributed by atoms with Gasteiger partial charge in [-0.15, -0.1) is 11.6 Å². The lowest BCUT2D eigenvalue weighted by molar-refractivity contribution is 0.398. The Labute approximate surface area is 109 Å². The van der Waals surface area contributed by atoms with Crippen LogP contribution in [-0.2, 0) is 11.4 Å². The number of nitrogens with zero attached hydrogens (tertiary/aromatic N) is 2. The number of rotatable bonds is 1. The van der Waals surface area contributed by atoms with E-state index in [4.69, 9.17) is 11.6 Å². The Morgan fingerprint density at radius 1 is 1.38 bits per heavy atom. The van der Waals surface area contributed by atoms with Crippen LogP contribution in [0.3, 0.4) is 0 Å². The second kappa shape index (κ2) is 4.04. The van der Waals surface area contributed by atoms with Crippen LogP contribution in [0.5, 0.6) is 0 Å². The van der Waals surface area contributed by atoms with E-state index in [2.05, 4.69) is 52.3 Å². The van der Waals surface area contributed by atoms with E-state index in [1.807, 2.05) is 12.1 Å².